The first kappa shape index (κ1) is 19.2. The van der Waals surface area contributed by atoms with E-state index in [1.165, 1.54) is 6.26 Å². The third-order valence-corrected chi connectivity index (χ3v) is 3.85. The van der Waals surface area contributed by atoms with Gasteiger partial charge in [0.05, 0.1) is 6.61 Å². The molecule has 0 radical (unpaired) electrons. The number of nitrogens with one attached hydrogen (secondary N) is 1. The van der Waals surface area contributed by atoms with E-state index in [1.807, 2.05) is 0 Å². The minimum Gasteiger partial charge on any atom is -0.475 e. The van der Waals surface area contributed by atoms with E-state index in [9.17, 15) is 18.7 Å². The Morgan fingerprint density at radius 2 is 2.14 bits per heavy atom. The number of carbonyl (C=O) groups is 1. The summed E-state index contributed by atoms with van der Waals surface area (Å²) in [5, 5.41) is 12.5. The molecule has 0 saturated carbocycles. The molecule has 10 heteroatoms. The Morgan fingerprint density at radius 1 is 1.36 bits per heavy atom. The summed E-state index contributed by atoms with van der Waals surface area (Å²) in [5.74, 6) is -3.52. The number of amides is 1. The van der Waals surface area contributed by atoms with E-state index in [0.29, 0.717) is 17.1 Å². The first-order chi connectivity index (χ1) is 13.4. The van der Waals surface area contributed by atoms with Gasteiger partial charge < -0.3 is 25.3 Å². The molecule has 1 aromatic carbocycles. The van der Waals surface area contributed by atoms with Crippen molar-refractivity contribution in [3.05, 3.63) is 59.8 Å². The number of aromatic nitrogens is 2. The SMILES string of the molecule is CNc1ccc(-c2coc(C(CO)Oc3ccc(F)c(C(N)=O)c3F)n2)cn1. The standard InChI is InChI=1S/C18H16F2N4O4/c1-22-14-5-2-9(6-23-14)11-8-27-18(24-11)13(7-25)28-12-4-3-10(19)15(16(12)20)17(21)26/h2-6,8,13,25H,7H2,1H3,(H2,21,26)(H,22,23). The summed E-state index contributed by atoms with van der Waals surface area (Å²) >= 11 is 0. The van der Waals surface area contributed by atoms with E-state index in [1.54, 1.807) is 25.4 Å². The van der Waals surface area contributed by atoms with Gasteiger partial charge in [-0.25, -0.2) is 18.7 Å². The van der Waals surface area contributed by atoms with Crippen molar-refractivity contribution in [1.82, 2.24) is 9.97 Å². The van der Waals surface area contributed by atoms with Crippen LogP contribution in [0.25, 0.3) is 11.3 Å². The number of aliphatic hydroxyl groups is 1. The Balaban J connectivity index is 1.86. The highest BCUT2D eigenvalue weighted by molar-refractivity contribution is 5.93. The summed E-state index contributed by atoms with van der Waals surface area (Å²) in [4.78, 5) is 19.6. The van der Waals surface area contributed by atoms with Gasteiger partial charge in [0.15, 0.2) is 17.7 Å². The van der Waals surface area contributed by atoms with Crippen LogP contribution in [0.5, 0.6) is 5.75 Å². The number of hydrogen-bond acceptors (Lipinski definition) is 7. The summed E-state index contributed by atoms with van der Waals surface area (Å²) < 4.78 is 38.6. The van der Waals surface area contributed by atoms with Crippen molar-refractivity contribution in [2.75, 3.05) is 19.0 Å². The highest BCUT2D eigenvalue weighted by atomic mass is 19.1. The van der Waals surface area contributed by atoms with Gasteiger partial charge in [-0.1, -0.05) is 0 Å². The third-order valence-electron chi connectivity index (χ3n) is 3.85. The van der Waals surface area contributed by atoms with Gasteiger partial charge in [0.25, 0.3) is 5.91 Å². The van der Waals surface area contributed by atoms with Crippen molar-refractivity contribution in [3.8, 4) is 17.0 Å². The molecule has 8 nitrogen and oxygen atoms in total. The van der Waals surface area contributed by atoms with Crippen molar-refractivity contribution in [1.29, 1.82) is 0 Å². The number of aliphatic hydroxyl groups excluding tert-OH is 1. The fourth-order valence-electron chi connectivity index (χ4n) is 2.43. The molecule has 1 unspecified atom stereocenters. The van der Waals surface area contributed by atoms with Gasteiger partial charge in [-0.2, -0.15) is 0 Å². The predicted molar refractivity (Wildman–Crippen MR) is 94.6 cm³/mol. The molecule has 28 heavy (non-hydrogen) atoms. The predicted octanol–water partition coefficient (Wildman–Crippen LogP) is 2.27. The fourth-order valence-corrected chi connectivity index (χ4v) is 2.43. The number of ether oxygens (including phenoxy) is 1. The van der Waals surface area contributed by atoms with Crippen LogP contribution in [0, 0.1) is 11.6 Å². The molecule has 2 heterocycles. The summed E-state index contributed by atoms with van der Waals surface area (Å²) in [7, 11) is 1.73. The number of carbonyl (C=O) groups excluding carboxylic acids is 1. The maximum atomic E-state index is 14.3. The molecule has 3 aromatic rings. The van der Waals surface area contributed by atoms with E-state index in [-0.39, 0.29) is 5.89 Å². The van der Waals surface area contributed by atoms with Crippen molar-refractivity contribution in [2.24, 2.45) is 5.73 Å². The molecule has 1 amide bonds. The number of benzene rings is 1. The van der Waals surface area contributed by atoms with Crippen molar-refractivity contribution < 1.29 is 27.8 Å². The van der Waals surface area contributed by atoms with E-state index in [2.05, 4.69) is 15.3 Å². The number of halogens is 2. The Hall–Kier alpha value is -3.53. The lowest BCUT2D eigenvalue weighted by atomic mass is 10.1. The van der Waals surface area contributed by atoms with Gasteiger partial charge in [0, 0.05) is 18.8 Å². The molecule has 1 atom stereocenters. The van der Waals surface area contributed by atoms with Gasteiger partial charge in [-0.15, -0.1) is 0 Å². The minimum absolute atomic E-state index is 0.0421. The average Bonchev–Trinajstić information content (AvgIpc) is 3.17. The number of pyridine rings is 1. The first-order valence-electron chi connectivity index (χ1n) is 8.09. The minimum atomic E-state index is -1.28. The van der Waals surface area contributed by atoms with E-state index in [4.69, 9.17) is 14.9 Å². The van der Waals surface area contributed by atoms with Gasteiger partial charge in [-0.3, -0.25) is 4.79 Å². The number of anilines is 1. The fraction of sp³-hybridized carbons (Fsp3) is 0.167. The van der Waals surface area contributed by atoms with Gasteiger partial charge >= 0.3 is 0 Å². The molecule has 0 fully saturated rings. The zero-order chi connectivity index (χ0) is 20.3. The monoisotopic (exact) mass is 390 g/mol. The third kappa shape index (κ3) is 3.76. The molecule has 2 aromatic heterocycles. The van der Waals surface area contributed by atoms with Crippen LogP contribution >= 0.6 is 0 Å². The van der Waals surface area contributed by atoms with Crippen LogP contribution in [0.2, 0.25) is 0 Å². The van der Waals surface area contributed by atoms with Crippen LogP contribution in [0.1, 0.15) is 22.4 Å². The Labute approximate surface area is 158 Å². The average molecular weight is 390 g/mol. The van der Waals surface area contributed by atoms with Crippen LogP contribution in [0.3, 0.4) is 0 Å². The maximum absolute atomic E-state index is 14.3. The molecule has 3 rings (SSSR count). The normalized spacial score (nSPS) is 11.9. The molecule has 0 aliphatic carbocycles. The molecular weight excluding hydrogens is 374 g/mol. The van der Waals surface area contributed by atoms with E-state index >= 15 is 0 Å². The molecule has 0 saturated heterocycles. The van der Waals surface area contributed by atoms with Gasteiger partial charge in [0.1, 0.15) is 29.2 Å². The summed E-state index contributed by atoms with van der Waals surface area (Å²) in [6.07, 6.45) is 1.70. The molecule has 0 aliphatic heterocycles. The van der Waals surface area contributed by atoms with Crippen LogP contribution in [0.4, 0.5) is 14.6 Å². The summed E-state index contributed by atoms with van der Waals surface area (Å²) in [5.41, 5.74) is 5.12. The lowest BCUT2D eigenvalue weighted by Gasteiger charge is -2.15. The molecule has 0 bridgehead atoms. The molecule has 0 aliphatic rings. The lowest BCUT2D eigenvalue weighted by Crippen LogP contribution is -2.18. The second-order valence-corrected chi connectivity index (χ2v) is 5.64. The number of rotatable bonds is 7. The van der Waals surface area contributed by atoms with E-state index in [0.717, 1.165) is 12.1 Å². The molecule has 0 spiro atoms. The van der Waals surface area contributed by atoms with Crippen LogP contribution < -0.4 is 15.8 Å². The van der Waals surface area contributed by atoms with E-state index < -0.39 is 41.6 Å². The van der Waals surface area contributed by atoms with Gasteiger partial charge in [0.2, 0.25) is 5.89 Å². The van der Waals surface area contributed by atoms with Crippen molar-refractivity contribution in [3.63, 3.8) is 0 Å². The van der Waals surface area contributed by atoms with Gasteiger partial charge in [-0.05, 0) is 24.3 Å². The number of hydrogen-bond donors (Lipinski definition) is 3. The number of nitrogens with zero attached hydrogens (tertiary/aromatic N) is 2. The first-order valence-corrected chi connectivity index (χ1v) is 8.09. The molecule has 4 N–H and O–H groups in total. The Morgan fingerprint density at radius 3 is 2.75 bits per heavy atom. The summed E-state index contributed by atoms with van der Waals surface area (Å²) in [6, 6.07) is 5.31. The zero-order valence-electron chi connectivity index (χ0n) is 14.6. The summed E-state index contributed by atoms with van der Waals surface area (Å²) in [6.45, 7) is -0.611. The smallest absolute Gasteiger partial charge is 0.254 e. The maximum Gasteiger partial charge on any atom is 0.254 e. The van der Waals surface area contributed by atoms with Crippen LogP contribution in [-0.4, -0.2) is 34.6 Å². The highest BCUT2D eigenvalue weighted by Gasteiger charge is 2.24. The largest absolute Gasteiger partial charge is 0.475 e. The second-order valence-electron chi connectivity index (χ2n) is 5.64. The second kappa shape index (κ2) is 8.01. The van der Waals surface area contributed by atoms with Crippen LogP contribution in [-0.2, 0) is 0 Å². The molecule has 146 valence electrons. The Kier molecular flexibility index (Phi) is 5.50. The van der Waals surface area contributed by atoms with Crippen molar-refractivity contribution in [2.45, 2.75) is 6.10 Å². The van der Waals surface area contributed by atoms with Crippen molar-refractivity contribution >= 4 is 11.7 Å². The Bertz CT molecular complexity index is 992. The quantitative estimate of drug-likeness (QED) is 0.565. The molecular formula is C18H16F2N4O4. The number of oxazole rings is 1. The highest BCUT2D eigenvalue weighted by Crippen LogP contribution is 2.29. The number of primary amides is 1. The zero-order valence-corrected chi connectivity index (χ0v) is 14.6. The topological polar surface area (TPSA) is 124 Å². The lowest BCUT2D eigenvalue weighted by molar-refractivity contribution is 0.0887. The number of nitrogens with two attached hydrogens (primary N) is 1. The van der Waals surface area contributed by atoms with Crippen LogP contribution in [0.15, 0.2) is 41.1 Å².